The maximum atomic E-state index is 10.8. The molecule has 85 valence electrons. The lowest BCUT2D eigenvalue weighted by Crippen LogP contribution is -2.00. The minimum atomic E-state index is -0.640. The maximum absolute atomic E-state index is 10.8. The summed E-state index contributed by atoms with van der Waals surface area (Å²) in [6, 6.07) is 3.72. The predicted octanol–water partition coefficient (Wildman–Crippen LogP) is 2.66. The van der Waals surface area contributed by atoms with E-state index in [1.807, 2.05) is 13.8 Å². The summed E-state index contributed by atoms with van der Waals surface area (Å²) in [6.45, 7) is 3.70. The number of nitro groups is 2. The molecule has 0 aromatic heterocycles. The van der Waals surface area contributed by atoms with Crippen molar-refractivity contribution >= 4 is 11.4 Å². The number of benzene rings is 1. The second-order valence-electron chi connectivity index (χ2n) is 3.71. The molecule has 0 aliphatic carbocycles. The highest BCUT2D eigenvalue weighted by molar-refractivity contribution is 5.49. The van der Waals surface area contributed by atoms with Gasteiger partial charge in [0.1, 0.15) is 0 Å². The fraction of sp³-hybridized carbons (Fsp3) is 0.300. The molecule has 0 N–H and O–H groups in total. The number of non-ortho nitro benzene ring substituents is 1. The number of nitro benzene ring substituents is 2. The van der Waals surface area contributed by atoms with E-state index in [0.717, 1.165) is 12.0 Å². The van der Waals surface area contributed by atoms with Crippen LogP contribution in [0.25, 0.3) is 0 Å². The second kappa shape index (κ2) is 4.69. The first-order valence-corrected chi connectivity index (χ1v) is 4.62. The van der Waals surface area contributed by atoms with Crippen molar-refractivity contribution < 1.29 is 9.85 Å². The molecule has 0 aliphatic rings. The fourth-order valence-electron chi connectivity index (χ4n) is 1.37. The summed E-state index contributed by atoms with van der Waals surface area (Å²) < 4.78 is 0. The summed E-state index contributed by atoms with van der Waals surface area (Å²) in [7, 11) is 0. The van der Waals surface area contributed by atoms with Gasteiger partial charge in [-0.15, -0.1) is 0 Å². The highest BCUT2D eigenvalue weighted by Crippen LogP contribution is 2.26. The molecule has 16 heavy (non-hydrogen) atoms. The van der Waals surface area contributed by atoms with Crippen LogP contribution in [-0.4, -0.2) is 9.85 Å². The van der Waals surface area contributed by atoms with Crippen LogP contribution < -0.4 is 0 Å². The van der Waals surface area contributed by atoms with Gasteiger partial charge in [0.05, 0.1) is 15.9 Å². The lowest BCUT2D eigenvalue weighted by Gasteiger charge is -2.04. The number of hydrogen-bond donors (Lipinski definition) is 0. The molecule has 6 heteroatoms. The van der Waals surface area contributed by atoms with Gasteiger partial charge in [-0.25, -0.2) is 0 Å². The van der Waals surface area contributed by atoms with Crippen molar-refractivity contribution in [1.29, 1.82) is 0 Å². The second-order valence-corrected chi connectivity index (χ2v) is 3.71. The molecule has 0 amide bonds. The van der Waals surface area contributed by atoms with Crippen LogP contribution in [0.5, 0.6) is 0 Å². The molecule has 0 fully saturated rings. The average Bonchev–Trinajstić information content (AvgIpc) is 2.16. The van der Waals surface area contributed by atoms with Crippen molar-refractivity contribution in [3.63, 3.8) is 0 Å². The van der Waals surface area contributed by atoms with Gasteiger partial charge < -0.3 is 0 Å². The van der Waals surface area contributed by atoms with Crippen LogP contribution in [0.1, 0.15) is 19.4 Å². The largest absolute Gasteiger partial charge is 0.279 e. The topological polar surface area (TPSA) is 86.3 Å². The fourth-order valence-corrected chi connectivity index (χ4v) is 1.37. The minimum Gasteiger partial charge on any atom is -0.258 e. The van der Waals surface area contributed by atoms with Crippen molar-refractivity contribution in [2.75, 3.05) is 0 Å². The Kier molecular flexibility index (Phi) is 3.55. The van der Waals surface area contributed by atoms with Crippen LogP contribution in [-0.2, 0) is 6.42 Å². The van der Waals surface area contributed by atoms with Gasteiger partial charge in [0.25, 0.3) is 11.4 Å². The zero-order chi connectivity index (χ0) is 12.3. The van der Waals surface area contributed by atoms with Crippen molar-refractivity contribution in [3.05, 3.63) is 49.9 Å². The summed E-state index contributed by atoms with van der Waals surface area (Å²) >= 11 is 0. The number of nitrogens with zero attached hydrogens (tertiary/aromatic N) is 2. The van der Waals surface area contributed by atoms with E-state index in [1.165, 1.54) is 12.1 Å². The van der Waals surface area contributed by atoms with Gasteiger partial charge in [0, 0.05) is 11.6 Å². The third kappa shape index (κ3) is 2.75. The molecule has 1 radical (unpaired) electrons. The smallest absolute Gasteiger partial charge is 0.258 e. The molecule has 0 saturated heterocycles. The maximum Gasteiger partial charge on any atom is 0.279 e. The molecule has 1 rings (SSSR count). The van der Waals surface area contributed by atoms with E-state index in [0.29, 0.717) is 12.0 Å². The van der Waals surface area contributed by atoms with Gasteiger partial charge in [-0.3, -0.25) is 20.2 Å². The Morgan fingerprint density at radius 2 is 1.81 bits per heavy atom. The van der Waals surface area contributed by atoms with Gasteiger partial charge >= 0.3 is 0 Å². The van der Waals surface area contributed by atoms with E-state index in [9.17, 15) is 20.2 Å². The van der Waals surface area contributed by atoms with Gasteiger partial charge in [0.2, 0.25) is 0 Å². The molecular formula is C10H11N2O4. The van der Waals surface area contributed by atoms with Gasteiger partial charge in [0.15, 0.2) is 0 Å². The lowest BCUT2D eigenvalue weighted by atomic mass is 10.0. The summed E-state index contributed by atoms with van der Waals surface area (Å²) in [4.78, 5) is 20.0. The van der Waals surface area contributed by atoms with E-state index < -0.39 is 9.85 Å². The minimum absolute atomic E-state index is 0.199. The standard InChI is InChI=1S/C10H11N2O4/c1-7(2)5-8-3-4-9(11(13)14)6-10(8)12(15)16/h3-4,6H,5H2,1-2H3. The number of hydrogen-bond acceptors (Lipinski definition) is 4. The summed E-state index contributed by atoms with van der Waals surface area (Å²) in [6.07, 6.45) is 0.453. The van der Waals surface area contributed by atoms with Crippen LogP contribution in [0.3, 0.4) is 0 Å². The average molecular weight is 223 g/mol. The molecular weight excluding hydrogens is 212 g/mol. The van der Waals surface area contributed by atoms with Crippen LogP contribution in [0.15, 0.2) is 18.2 Å². The Bertz CT molecular complexity index is 429. The SMILES string of the molecule is C[C](C)Cc1ccc([N+](=O)[O-])cc1[N+](=O)[O-]. The zero-order valence-electron chi connectivity index (χ0n) is 8.97. The molecule has 0 atom stereocenters. The van der Waals surface area contributed by atoms with E-state index in [-0.39, 0.29) is 11.4 Å². The van der Waals surface area contributed by atoms with Crippen LogP contribution in [0, 0.1) is 26.1 Å². The molecule has 6 nitrogen and oxygen atoms in total. The van der Waals surface area contributed by atoms with Crippen molar-refractivity contribution in [3.8, 4) is 0 Å². The molecule has 1 aromatic rings. The highest BCUT2D eigenvalue weighted by Gasteiger charge is 2.19. The summed E-state index contributed by atoms with van der Waals surface area (Å²) in [5, 5.41) is 21.2. The third-order valence-electron chi connectivity index (χ3n) is 2.02. The highest BCUT2D eigenvalue weighted by atomic mass is 16.6. The van der Waals surface area contributed by atoms with E-state index in [1.54, 1.807) is 0 Å². The molecule has 1 aromatic carbocycles. The molecule has 0 spiro atoms. The Balaban J connectivity index is 3.19. The van der Waals surface area contributed by atoms with Gasteiger partial charge in [-0.05, 0) is 18.4 Å². The zero-order valence-corrected chi connectivity index (χ0v) is 8.97. The van der Waals surface area contributed by atoms with Gasteiger partial charge in [-0.1, -0.05) is 13.8 Å². The quantitative estimate of drug-likeness (QED) is 0.580. The first-order valence-electron chi connectivity index (χ1n) is 4.62. The van der Waals surface area contributed by atoms with Crippen LogP contribution >= 0.6 is 0 Å². The Hall–Kier alpha value is -1.98. The molecule has 0 unspecified atom stereocenters. The Morgan fingerprint density at radius 1 is 1.19 bits per heavy atom. The first-order chi connectivity index (χ1) is 7.41. The van der Waals surface area contributed by atoms with Crippen molar-refractivity contribution in [2.24, 2.45) is 0 Å². The Labute approximate surface area is 92.2 Å². The summed E-state index contributed by atoms with van der Waals surface area (Å²) in [5.41, 5.74) is 0.0372. The number of rotatable bonds is 4. The van der Waals surface area contributed by atoms with Crippen molar-refractivity contribution in [2.45, 2.75) is 20.3 Å². The van der Waals surface area contributed by atoms with Crippen LogP contribution in [0.4, 0.5) is 11.4 Å². The normalized spacial score (nSPS) is 10.4. The van der Waals surface area contributed by atoms with E-state index >= 15 is 0 Å². The Morgan fingerprint density at radius 3 is 2.25 bits per heavy atom. The third-order valence-corrected chi connectivity index (χ3v) is 2.02. The molecule has 0 heterocycles. The van der Waals surface area contributed by atoms with Crippen molar-refractivity contribution in [1.82, 2.24) is 0 Å². The predicted molar refractivity (Wildman–Crippen MR) is 58.0 cm³/mol. The van der Waals surface area contributed by atoms with E-state index in [4.69, 9.17) is 0 Å². The van der Waals surface area contributed by atoms with Crippen LogP contribution in [0.2, 0.25) is 0 Å². The molecule has 0 saturated carbocycles. The first kappa shape index (κ1) is 12.1. The summed E-state index contributed by atoms with van der Waals surface area (Å²) in [5.74, 6) is 1.01. The van der Waals surface area contributed by atoms with E-state index in [2.05, 4.69) is 0 Å². The monoisotopic (exact) mass is 223 g/mol. The van der Waals surface area contributed by atoms with Gasteiger partial charge in [-0.2, -0.15) is 0 Å². The lowest BCUT2D eigenvalue weighted by molar-refractivity contribution is -0.394. The molecule has 0 aliphatic heterocycles. The molecule has 0 bridgehead atoms.